The van der Waals surface area contributed by atoms with Gasteiger partial charge in [0, 0.05) is 25.0 Å². The Labute approximate surface area is 129 Å². The highest BCUT2D eigenvalue weighted by Gasteiger charge is 2.38. The summed E-state index contributed by atoms with van der Waals surface area (Å²) in [5, 5.41) is 0. The van der Waals surface area contributed by atoms with E-state index in [9.17, 15) is 4.79 Å². The largest absolute Gasteiger partial charge is 0.338 e. The zero-order chi connectivity index (χ0) is 14.8. The smallest absolute Gasteiger partial charge is 0.225 e. The van der Waals surface area contributed by atoms with E-state index in [0.29, 0.717) is 24.4 Å². The summed E-state index contributed by atoms with van der Waals surface area (Å²) in [4.78, 5) is 15.1. The first kappa shape index (κ1) is 15.3. The summed E-state index contributed by atoms with van der Waals surface area (Å²) >= 11 is 0. The van der Waals surface area contributed by atoms with Gasteiger partial charge in [0.2, 0.25) is 5.91 Å². The molecule has 3 aliphatic rings. The monoisotopic (exact) mass is 292 g/mol. The van der Waals surface area contributed by atoms with Crippen molar-refractivity contribution in [2.45, 2.75) is 70.8 Å². The number of nitrogens with two attached hydrogens (primary N) is 1. The number of rotatable bonds is 2. The van der Waals surface area contributed by atoms with Gasteiger partial charge < -0.3 is 10.6 Å². The van der Waals surface area contributed by atoms with E-state index in [4.69, 9.17) is 5.73 Å². The Hall–Kier alpha value is -0.570. The maximum absolute atomic E-state index is 13.0. The van der Waals surface area contributed by atoms with Gasteiger partial charge in [0.05, 0.1) is 0 Å². The summed E-state index contributed by atoms with van der Waals surface area (Å²) < 4.78 is 0. The van der Waals surface area contributed by atoms with Gasteiger partial charge in [0.1, 0.15) is 0 Å². The van der Waals surface area contributed by atoms with Gasteiger partial charge >= 0.3 is 0 Å². The van der Waals surface area contributed by atoms with Crippen molar-refractivity contribution in [3.8, 4) is 0 Å². The summed E-state index contributed by atoms with van der Waals surface area (Å²) in [7, 11) is 0. The molecule has 5 unspecified atom stereocenters. The second-order valence-electron chi connectivity index (χ2n) is 7.87. The molecule has 2 aliphatic carbocycles. The lowest BCUT2D eigenvalue weighted by Crippen LogP contribution is -2.52. The van der Waals surface area contributed by atoms with Crippen LogP contribution in [0, 0.1) is 23.7 Å². The lowest BCUT2D eigenvalue weighted by atomic mass is 9.67. The Morgan fingerprint density at radius 3 is 2.57 bits per heavy atom. The molecule has 1 saturated heterocycles. The van der Waals surface area contributed by atoms with E-state index in [1.54, 1.807) is 0 Å². The number of nitrogens with zero attached hydrogens (tertiary/aromatic N) is 1. The first-order valence-electron chi connectivity index (χ1n) is 9.19. The first-order valence-corrected chi connectivity index (χ1v) is 9.19. The number of hydrogen-bond donors (Lipinski definition) is 1. The normalized spacial score (nSPS) is 40.7. The topological polar surface area (TPSA) is 46.3 Å². The van der Waals surface area contributed by atoms with Crippen molar-refractivity contribution in [1.29, 1.82) is 0 Å². The highest BCUT2D eigenvalue weighted by molar-refractivity contribution is 5.79. The second-order valence-corrected chi connectivity index (χ2v) is 7.87. The molecule has 3 nitrogen and oxygen atoms in total. The zero-order valence-electron chi connectivity index (χ0n) is 13.6. The minimum atomic E-state index is 0.297. The van der Waals surface area contributed by atoms with Gasteiger partial charge in [0.15, 0.2) is 0 Å². The molecular weight excluding hydrogens is 260 g/mol. The number of likely N-dealkylation sites (tertiary alicyclic amines) is 1. The lowest BCUT2D eigenvalue weighted by molar-refractivity contribution is -0.142. The predicted molar refractivity (Wildman–Crippen MR) is 85.7 cm³/mol. The molecule has 3 heteroatoms. The van der Waals surface area contributed by atoms with Crippen LogP contribution in [0.1, 0.15) is 64.7 Å². The van der Waals surface area contributed by atoms with Crippen molar-refractivity contribution in [3.05, 3.63) is 0 Å². The van der Waals surface area contributed by atoms with Gasteiger partial charge in [0.25, 0.3) is 0 Å². The van der Waals surface area contributed by atoms with Crippen molar-refractivity contribution in [2.24, 2.45) is 29.4 Å². The van der Waals surface area contributed by atoms with Gasteiger partial charge in [-0.1, -0.05) is 32.6 Å². The number of amides is 1. The standard InChI is InChI=1S/C18H32N2O/c1-13-8-9-20(17(10-13)12-19)18(21)16-7-6-14-4-2-3-5-15(14)11-16/h13-17H,2-12,19H2,1H3. The quantitative estimate of drug-likeness (QED) is 0.849. The molecule has 2 N–H and O–H groups in total. The number of piperidine rings is 1. The molecule has 1 aliphatic heterocycles. The minimum absolute atomic E-state index is 0.297. The van der Waals surface area contributed by atoms with E-state index in [0.717, 1.165) is 50.0 Å². The third kappa shape index (κ3) is 3.28. The van der Waals surface area contributed by atoms with E-state index >= 15 is 0 Å². The van der Waals surface area contributed by atoms with Gasteiger partial charge in [-0.05, 0) is 49.9 Å². The van der Waals surface area contributed by atoms with Crippen LogP contribution >= 0.6 is 0 Å². The molecule has 2 saturated carbocycles. The molecule has 0 radical (unpaired) electrons. The van der Waals surface area contributed by atoms with Crippen LogP contribution in [0.4, 0.5) is 0 Å². The van der Waals surface area contributed by atoms with E-state index in [-0.39, 0.29) is 0 Å². The van der Waals surface area contributed by atoms with Crippen molar-refractivity contribution < 1.29 is 4.79 Å². The highest BCUT2D eigenvalue weighted by atomic mass is 16.2. The lowest BCUT2D eigenvalue weighted by Gasteiger charge is -2.43. The van der Waals surface area contributed by atoms with E-state index in [1.165, 1.54) is 32.1 Å². The summed E-state index contributed by atoms with van der Waals surface area (Å²) in [5.74, 6) is 3.21. The number of carbonyl (C=O) groups excluding carboxylic acids is 1. The molecule has 0 aromatic heterocycles. The summed E-state index contributed by atoms with van der Waals surface area (Å²) in [6, 6.07) is 0.297. The molecule has 0 spiro atoms. The average molecular weight is 292 g/mol. The molecule has 1 heterocycles. The van der Waals surface area contributed by atoms with Crippen LogP contribution in [-0.2, 0) is 4.79 Å². The Kier molecular flexibility index (Phi) is 4.88. The Balaban J connectivity index is 1.62. The zero-order valence-corrected chi connectivity index (χ0v) is 13.6. The number of carbonyl (C=O) groups is 1. The fourth-order valence-corrected chi connectivity index (χ4v) is 5.10. The van der Waals surface area contributed by atoms with Crippen molar-refractivity contribution in [2.75, 3.05) is 13.1 Å². The molecule has 0 aromatic rings. The van der Waals surface area contributed by atoms with E-state index < -0.39 is 0 Å². The van der Waals surface area contributed by atoms with Gasteiger partial charge in [-0.2, -0.15) is 0 Å². The van der Waals surface area contributed by atoms with Crippen LogP contribution in [0.3, 0.4) is 0 Å². The molecule has 3 fully saturated rings. The minimum Gasteiger partial charge on any atom is -0.338 e. The predicted octanol–water partition coefficient (Wildman–Crippen LogP) is 3.18. The fraction of sp³-hybridized carbons (Fsp3) is 0.944. The first-order chi connectivity index (χ1) is 10.2. The summed E-state index contributed by atoms with van der Waals surface area (Å²) in [6.45, 7) is 3.86. The van der Waals surface area contributed by atoms with Crippen LogP contribution in [0.25, 0.3) is 0 Å². The Morgan fingerprint density at radius 1 is 1.05 bits per heavy atom. The van der Waals surface area contributed by atoms with Crippen molar-refractivity contribution >= 4 is 5.91 Å². The molecular formula is C18H32N2O. The average Bonchev–Trinajstić information content (AvgIpc) is 2.53. The molecule has 0 aromatic carbocycles. The molecule has 5 atom stereocenters. The third-order valence-electron chi connectivity index (χ3n) is 6.42. The van der Waals surface area contributed by atoms with Crippen molar-refractivity contribution in [3.63, 3.8) is 0 Å². The van der Waals surface area contributed by atoms with Crippen LogP contribution in [0.15, 0.2) is 0 Å². The summed E-state index contributed by atoms with van der Waals surface area (Å²) in [5.41, 5.74) is 5.94. The van der Waals surface area contributed by atoms with Crippen LogP contribution in [0.2, 0.25) is 0 Å². The molecule has 120 valence electrons. The molecule has 21 heavy (non-hydrogen) atoms. The Bertz CT molecular complexity index is 370. The van der Waals surface area contributed by atoms with Crippen LogP contribution < -0.4 is 5.73 Å². The third-order valence-corrected chi connectivity index (χ3v) is 6.42. The van der Waals surface area contributed by atoms with E-state index in [1.807, 2.05) is 0 Å². The molecule has 3 rings (SSSR count). The SMILES string of the molecule is CC1CCN(C(=O)C2CCC3CCCCC3C2)C(CN)C1. The number of hydrogen-bond acceptors (Lipinski definition) is 2. The fourth-order valence-electron chi connectivity index (χ4n) is 5.10. The Morgan fingerprint density at radius 2 is 1.81 bits per heavy atom. The maximum Gasteiger partial charge on any atom is 0.225 e. The molecule has 0 bridgehead atoms. The van der Waals surface area contributed by atoms with Crippen LogP contribution in [0.5, 0.6) is 0 Å². The van der Waals surface area contributed by atoms with Crippen LogP contribution in [-0.4, -0.2) is 29.9 Å². The van der Waals surface area contributed by atoms with Gasteiger partial charge in [-0.3, -0.25) is 4.79 Å². The maximum atomic E-state index is 13.0. The van der Waals surface area contributed by atoms with E-state index in [2.05, 4.69) is 11.8 Å². The number of fused-ring (bicyclic) bond motifs is 1. The van der Waals surface area contributed by atoms with Gasteiger partial charge in [-0.15, -0.1) is 0 Å². The second kappa shape index (κ2) is 6.68. The highest BCUT2D eigenvalue weighted by Crippen LogP contribution is 2.43. The summed E-state index contributed by atoms with van der Waals surface area (Å²) in [6.07, 6.45) is 11.4. The van der Waals surface area contributed by atoms with Crippen molar-refractivity contribution in [1.82, 2.24) is 4.90 Å². The van der Waals surface area contributed by atoms with Gasteiger partial charge in [-0.25, -0.2) is 0 Å². The molecule has 1 amide bonds.